The van der Waals surface area contributed by atoms with E-state index in [1.807, 2.05) is 53.2 Å². The van der Waals surface area contributed by atoms with Gasteiger partial charge in [-0.2, -0.15) is 0 Å². The standard InChI is InChI=1S/C52H37N4O.2C9H11.Bi.Pt/c1-52(2,3)38-30-31-53-50(32-38)56-46-25-11-10-22-44(46)45-29-28-41(34-49(45)56)57-40-21-14-20-39(33-40)54-35-55(48-27-13-12-26-47(48)54)51-42(36-16-6-4-7-17-36)23-15-24-43(51)37-18-8-5-9-19-37;2*1-7-4-8(2)6-9(3)5-7;;/h4-13,15-32H,1-3H3;2*4-5H,1-3H3;;/q-2;;;;/i4D,5D,6D,7D,8D,9D,16D,17D,18D,19D;;;;. The van der Waals surface area contributed by atoms with Gasteiger partial charge >= 0.3 is 448 Å². The zero-order valence-corrected chi connectivity index (χ0v) is 49.9. The van der Waals surface area contributed by atoms with Crippen molar-refractivity contribution >= 4 is 64.4 Å². The molecule has 0 amide bonds. The monoisotopic (exact) mass is 1390 g/mol. The number of nitrogens with zero attached hydrogens (tertiary/aromatic N) is 4. The molecule has 0 bridgehead atoms. The molecule has 0 saturated carbocycles. The number of rotatable bonds is 10. The number of hydrogen-bond acceptors (Lipinski definition) is 2. The van der Waals surface area contributed by atoms with Gasteiger partial charge in [-0.25, -0.2) is 0 Å². The molecule has 5 nitrogen and oxygen atoms in total. The fourth-order valence-corrected chi connectivity index (χ4v) is 22.2. The second-order valence-corrected chi connectivity index (χ2v) is 28.7. The number of fused-ring (bicyclic) bond motifs is 4. The molecule has 0 atom stereocenters. The van der Waals surface area contributed by atoms with Gasteiger partial charge in [0.2, 0.25) is 0 Å². The van der Waals surface area contributed by atoms with Crippen LogP contribution in [0.25, 0.3) is 72.3 Å². The van der Waals surface area contributed by atoms with Gasteiger partial charge in [-0.3, -0.25) is 0 Å². The Morgan fingerprint density at radius 1 is 0.584 bits per heavy atom. The molecule has 0 unspecified atom stereocenters. The van der Waals surface area contributed by atoms with Crippen LogP contribution in [-0.4, -0.2) is 35.9 Å². The third kappa shape index (κ3) is 9.70. The SMILES string of the molecule is [2H]c1c([2H])c([2H])c(-c2cccc(-c3c([2H])c([2H])c([2H])c([2H])c3[2H])c2-[n+]2[c-]n(-c3[c-]c(Oc4[c-]c5c(cc4)c4ccccc4n5-c4cc(C(C)(C)C)ccn4)c[c]([Bi]([c]4c(C)cc(C)cc4C)[c]4c(C)cc(C)cc4C)c3)c3ccccc32)c([2H])c1[2H].[Pt]. The van der Waals surface area contributed by atoms with Crippen molar-refractivity contribution in [2.24, 2.45) is 0 Å². The molecule has 12 aromatic rings. The summed E-state index contributed by atoms with van der Waals surface area (Å²) in [7, 11) is 0. The molecule has 0 N–H and O–H groups in total. The van der Waals surface area contributed by atoms with Crippen LogP contribution in [0.15, 0.2) is 194 Å². The van der Waals surface area contributed by atoms with Crippen LogP contribution in [-0.2, 0) is 26.5 Å². The molecular weight excluding hydrogens is 1320 g/mol. The van der Waals surface area contributed by atoms with Gasteiger partial charge in [0, 0.05) is 21.1 Å². The molecule has 3 aromatic heterocycles. The second kappa shape index (κ2) is 21.0. The first-order valence-electron chi connectivity index (χ1n) is 30.3. The Labute approximate surface area is 489 Å². The van der Waals surface area contributed by atoms with Crippen molar-refractivity contribution in [3.63, 3.8) is 0 Å². The summed E-state index contributed by atoms with van der Waals surface area (Å²) in [6.07, 6.45) is 5.48. The summed E-state index contributed by atoms with van der Waals surface area (Å²) >= 11 is -3.55. The Morgan fingerprint density at radius 3 is 1.78 bits per heavy atom. The van der Waals surface area contributed by atoms with Crippen LogP contribution in [0.3, 0.4) is 0 Å². The van der Waals surface area contributed by atoms with Gasteiger partial charge in [0.15, 0.2) is 0 Å². The summed E-state index contributed by atoms with van der Waals surface area (Å²) in [4.78, 5) is 4.92. The van der Waals surface area contributed by atoms with Crippen molar-refractivity contribution in [2.75, 3.05) is 0 Å². The number of para-hydroxylation sites is 4. The Morgan fingerprint density at radius 2 is 1.17 bits per heavy atom. The molecule has 0 saturated heterocycles. The maximum atomic E-state index is 9.28. The zero-order chi connectivity index (χ0) is 61.1. The summed E-state index contributed by atoms with van der Waals surface area (Å²) in [5.74, 6) is 1.60. The Bertz CT molecular complexity index is 4590. The average molecular weight is 1390 g/mol. The average Bonchev–Trinajstić information content (AvgIpc) is 1.80. The van der Waals surface area contributed by atoms with E-state index in [-0.39, 0.29) is 54.4 Å². The summed E-state index contributed by atoms with van der Waals surface area (Å²) in [6, 6.07) is 44.3. The van der Waals surface area contributed by atoms with E-state index in [4.69, 9.17) is 17.9 Å². The van der Waals surface area contributed by atoms with E-state index in [0.717, 1.165) is 36.5 Å². The summed E-state index contributed by atoms with van der Waals surface area (Å²) in [6.45, 7) is 19.6. The molecule has 77 heavy (non-hydrogen) atoms. The Kier molecular flexibility index (Phi) is 11.1. The summed E-state index contributed by atoms with van der Waals surface area (Å²) in [5, 5.41) is 2.02. The molecule has 9 aromatic carbocycles. The fourth-order valence-electron chi connectivity index (χ4n) is 10.9. The minimum Gasteiger partial charge on any atom is 0 e. The molecule has 0 fully saturated rings. The van der Waals surface area contributed by atoms with Crippen molar-refractivity contribution < 1.29 is 44.1 Å². The van der Waals surface area contributed by atoms with E-state index in [2.05, 4.69) is 152 Å². The van der Waals surface area contributed by atoms with Gasteiger partial charge < -0.3 is 0 Å². The van der Waals surface area contributed by atoms with E-state index in [1.54, 1.807) is 22.8 Å². The third-order valence-electron chi connectivity index (χ3n) is 14.0. The van der Waals surface area contributed by atoms with E-state index >= 15 is 0 Å². The molecule has 0 spiro atoms. The molecule has 0 aliphatic rings. The number of aromatic nitrogens is 4. The van der Waals surface area contributed by atoms with Crippen LogP contribution < -0.4 is 19.1 Å². The third-order valence-corrected chi connectivity index (χ3v) is 26.0. The number of imidazole rings is 1. The van der Waals surface area contributed by atoms with Gasteiger partial charge in [0.1, 0.15) is 0 Å². The van der Waals surface area contributed by atoms with Crippen LogP contribution in [0.2, 0.25) is 0 Å². The summed E-state index contributed by atoms with van der Waals surface area (Å²) in [5.41, 5.74) is 11.8. The van der Waals surface area contributed by atoms with Crippen molar-refractivity contribution in [2.45, 2.75) is 67.7 Å². The predicted molar refractivity (Wildman–Crippen MR) is 315 cm³/mol. The normalized spacial score (nSPS) is 13.5. The smallest absolute Gasteiger partial charge is 0 e. The predicted octanol–water partition coefficient (Wildman–Crippen LogP) is 14.6. The van der Waals surface area contributed by atoms with Crippen LogP contribution in [0.1, 0.15) is 73.4 Å². The van der Waals surface area contributed by atoms with Gasteiger partial charge in [-0.05, 0) is 0 Å². The molecule has 0 radical (unpaired) electrons. The first-order chi connectivity index (χ1) is 40.9. The number of benzene rings is 9. The molecular formula is C70H59BiN4OPt-2. The summed E-state index contributed by atoms with van der Waals surface area (Å²) < 4.78 is 106. The second-order valence-electron chi connectivity index (χ2n) is 20.6. The van der Waals surface area contributed by atoms with Crippen molar-refractivity contribution in [3.8, 4) is 50.9 Å². The molecule has 12 rings (SSSR count). The van der Waals surface area contributed by atoms with Gasteiger partial charge in [-0.15, -0.1) is 0 Å². The number of aryl methyl sites for hydroxylation is 6. The molecule has 0 aliphatic heterocycles. The Balaban J connectivity index is 0.00000784. The van der Waals surface area contributed by atoms with E-state index < -0.39 is 82.2 Å². The number of hydrogen-bond donors (Lipinski definition) is 0. The zero-order valence-electron chi connectivity index (χ0n) is 54.2. The minimum atomic E-state index is -3.55. The van der Waals surface area contributed by atoms with E-state index in [1.165, 1.54) is 39.9 Å². The molecule has 0 aliphatic carbocycles. The maximum absolute atomic E-state index is 9.28. The quantitative estimate of drug-likeness (QED) is 0.0777. The molecule has 3 heterocycles. The van der Waals surface area contributed by atoms with Gasteiger partial charge in [0.05, 0.1) is 2.74 Å². The van der Waals surface area contributed by atoms with Crippen LogP contribution in [0.5, 0.6) is 11.5 Å². The molecule has 382 valence electrons. The van der Waals surface area contributed by atoms with Crippen LogP contribution in [0.4, 0.5) is 0 Å². The van der Waals surface area contributed by atoms with Gasteiger partial charge in [-0.1, -0.05) is 20.8 Å². The Hall–Kier alpha value is -7.23. The number of pyridine rings is 1. The van der Waals surface area contributed by atoms with Crippen LogP contribution in [0, 0.1) is 60.0 Å². The van der Waals surface area contributed by atoms with Crippen LogP contribution >= 0.6 is 0 Å². The number of ether oxygens (including phenoxy) is 1. The van der Waals surface area contributed by atoms with E-state index in [0.29, 0.717) is 28.2 Å². The van der Waals surface area contributed by atoms with E-state index in [9.17, 15) is 5.48 Å². The van der Waals surface area contributed by atoms with Crippen molar-refractivity contribution in [3.05, 3.63) is 251 Å². The van der Waals surface area contributed by atoms with Gasteiger partial charge in [0.25, 0.3) is 0 Å². The topological polar surface area (TPSA) is 35.9 Å². The minimum absolute atomic E-state index is 0. The van der Waals surface area contributed by atoms with Crippen molar-refractivity contribution in [1.82, 2.24) is 14.1 Å². The van der Waals surface area contributed by atoms with Crippen molar-refractivity contribution in [1.29, 1.82) is 0 Å². The molecule has 7 heteroatoms. The first-order valence-corrected chi connectivity index (χ1v) is 30.5. The first kappa shape index (κ1) is 40.9. The fraction of sp³-hybridized carbons (Fsp3) is 0.143.